The molecule has 1 fully saturated rings. The van der Waals surface area contributed by atoms with Gasteiger partial charge in [-0.15, -0.1) is 5.10 Å². The molecule has 5 nitrogen and oxygen atoms in total. The Kier molecular flexibility index (Phi) is 6.31. The summed E-state index contributed by atoms with van der Waals surface area (Å²) < 4.78 is 39.2. The van der Waals surface area contributed by atoms with Crippen LogP contribution in [0.2, 0.25) is 5.02 Å². The van der Waals surface area contributed by atoms with Gasteiger partial charge in [0.1, 0.15) is 5.82 Å². The van der Waals surface area contributed by atoms with Crippen LogP contribution in [0.5, 0.6) is 0 Å². The van der Waals surface area contributed by atoms with E-state index in [0.717, 1.165) is 30.1 Å². The van der Waals surface area contributed by atoms with Crippen LogP contribution in [0.4, 0.5) is 18.9 Å². The second-order valence-corrected chi connectivity index (χ2v) is 7.77. The maximum atomic E-state index is 13.1. The Hall–Kier alpha value is -1.74. The summed E-state index contributed by atoms with van der Waals surface area (Å²) >= 11 is 6.89. The van der Waals surface area contributed by atoms with Gasteiger partial charge in [0.05, 0.1) is 22.0 Å². The lowest BCUT2D eigenvalue weighted by molar-refractivity contribution is -0.137. The second kappa shape index (κ2) is 8.52. The van der Waals surface area contributed by atoms with Crippen molar-refractivity contribution < 1.29 is 18.0 Å². The fourth-order valence-electron chi connectivity index (χ4n) is 3.11. The van der Waals surface area contributed by atoms with Gasteiger partial charge in [0.15, 0.2) is 0 Å². The van der Waals surface area contributed by atoms with Crippen molar-refractivity contribution in [2.75, 3.05) is 11.1 Å². The van der Waals surface area contributed by atoms with Gasteiger partial charge in [-0.1, -0.05) is 55.1 Å². The number of hydrogen-bond acceptors (Lipinski definition) is 4. The molecule has 10 heteroatoms. The van der Waals surface area contributed by atoms with Crippen LogP contribution >= 0.6 is 23.4 Å². The number of benzene rings is 1. The summed E-state index contributed by atoms with van der Waals surface area (Å²) in [5.74, 6) is 0.652. The number of aromatic amines is 1. The molecule has 1 aromatic heterocycles. The Labute approximate surface area is 163 Å². The number of para-hydroxylation sites is 1. The van der Waals surface area contributed by atoms with Crippen LogP contribution in [0.1, 0.15) is 37.1 Å². The summed E-state index contributed by atoms with van der Waals surface area (Å²) in [4.78, 5) is 16.4. The monoisotopic (exact) mass is 418 g/mol. The van der Waals surface area contributed by atoms with Gasteiger partial charge in [-0.2, -0.15) is 13.2 Å². The van der Waals surface area contributed by atoms with E-state index >= 15 is 0 Å². The lowest BCUT2D eigenvalue weighted by atomic mass is 10.0. The Morgan fingerprint density at radius 2 is 2.07 bits per heavy atom. The molecule has 0 saturated heterocycles. The molecular formula is C17H18ClF3N4OS. The Morgan fingerprint density at radius 1 is 1.33 bits per heavy atom. The average Bonchev–Trinajstić information content (AvgIpc) is 3.26. The molecule has 0 aliphatic heterocycles. The maximum absolute atomic E-state index is 13.1. The molecule has 3 rings (SSSR count). The molecule has 1 aliphatic carbocycles. The van der Waals surface area contributed by atoms with E-state index in [1.165, 1.54) is 37.8 Å². The first kappa shape index (κ1) is 20.0. The number of H-pyrrole nitrogens is 1. The fourth-order valence-corrected chi connectivity index (χ4v) is 3.95. The maximum Gasteiger partial charge on any atom is 0.418 e. The standard InChI is InChI=1S/C17H18ClF3N4OS/c18-12-7-3-6-11(17(19,20)21)15(12)23-14(26)9-27-16-22-13(24-25-16)8-10-4-1-2-5-10/h3,6-7,10H,1-2,4-5,8-9H2,(H,23,26)(H,22,24,25). The van der Waals surface area contributed by atoms with Crippen LogP contribution < -0.4 is 5.32 Å². The number of thioether (sulfide) groups is 1. The molecule has 2 N–H and O–H groups in total. The molecule has 0 spiro atoms. The number of carbonyl (C=O) groups excluding carboxylic acids is 1. The first-order valence-electron chi connectivity index (χ1n) is 8.52. The summed E-state index contributed by atoms with van der Waals surface area (Å²) in [6.07, 6.45) is 1.06. The zero-order valence-corrected chi connectivity index (χ0v) is 15.8. The number of hydrogen-bond donors (Lipinski definition) is 2. The summed E-state index contributed by atoms with van der Waals surface area (Å²) in [6.45, 7) is 0. The van der Waals surface area contributed by atoms with E-state index in [1.807, 2.05) is 0 Å². The van der Waals surface area contributed by atoms with Crippen LogP contribution in [0, 0.1) is 5.92 Å². The number of carbonyl (C=O) groups is 1. The number of anilines is 1. The fraction of sp³-hybridized carbons (Fsp3) is 0.471. The average molecular weight is 419 g/mol. The van der Waals surface area contributed by atoms with E-state index in [4.69, 9.17) is 11.6 Å². The Bertz CT molecular complexity index is 806. The number of halogens is 4. The molecule has 1 aliphatic rings. The van der Waals surface area contributed by atoms with Gasteiger partial charge in [0, 0.05) is 6.42 Å². The van der Waals surface area contributed by atoms with Crippen LogP contribution in [0.15, 0.2) is 23.4 Å². The molecule has 0 unspecified atom stereocenters. The third-order valence-electron chi connectivity index (χ3n) is 4.38. The Balaban J connectivity index is 1.57. The van der Waals surface area contributed by atoms with Crippen LogP contribution in [0.25, 0.3) is 0 Å². The van der Waals surface area contributed by atoms with E-state index in [2.05, 4.69) is 20.5 Å². The molecule has 1 saturated carbocycles. The summed E-state index contributed by atoms with van der Waals surface area (Å²) in [7, 11) is 0. The SMILES string of the molecule is O=C(CSc1n[nH]c(CC2CCCC2)n1)Nc1c(Cl)cccc1C(F)(F)F. The second-order valence-electron chi connectivity index (χ2n) is 6.42. The minimum atomic E-state index is -4.61. The van der Waals surface area contributed by atoms with Crippen molar-refractivity contribution in [1.29, 1.82) is 0 Å². The van der Waals surface area contributed by atoms with Gasteiger partial charge in [-0.25, -0.2) is 4.98 Å². The molecule has 0 bridgehead atoms. The highest BCUT2D eigenvalue weighted by molar-refractivity contribution is 7.99. The third kappa shape index (κ3) is 5.38. The molecule has 146 valence electrons. The lowest BCUT2D eigenvalue weighted by Gasteiger charge is -2.14. The zero-order valence-electron chi connectivity index (χ0n) is 14.3. The van der Waals surface area contributed by atoms with Crippen LogP contribution in [-0.2, 0) is 17.4 Å². The van der Waals surface area contributed by atoms with Gasteiger partial charge in [-0.05, 0) is 18.1 Å². The van der Waals surface area contributed by atoms with E-state index < -0.39 is 23.3 Å². The lowest BCUT2D eigenvalue weighted by Crippen LogP contribution is -2.18. The predicted molar refractivity (Wildman–Crippen MR) is 97.9 cm³/mol. The summed E-state index contributed by atoms with van der Waals surface area (Å²) in [5, 5.41) is 9.39. The quantitative estimate of drug-likeness (QED) is 0.652. The van der Waals surface area contributed by atoms with E-state index in [-0.39, 0.29) is 10.8 Å². The van der Waals surface area contributed by atoms with Crippen LogP contribution in [-0.4, -0.2) is 26.8 Å². The number of aromatic nitrogens is 3. The highest BCUT2D eigenvalue weighted by Gasteiger charge is 2.34. The van der Waals surface area contributed by atoms with Crippen molar-refractivity contribution in [3.8, 4) is 0 Å². The molecule has 2 aromatic rings. The van der Waals surface area contributed by atoms with E-state index in [9.17, 15) is 18.0 Å². The van der Waals surface area contributed by atoms with Gasteiger partial charge in [0.2, 0.25) is 11.1 Å². The third-order valence-corrected chi connectivity index (χ3v) is 5.55. The molecule has 1 amide bonds. The molecule has 0 atom stereocenters. The van der Waals surface area contributed by atoms with E-state index in [0.29, 0.717) is 11.1 Å². The number of nitrogens with one attached hydrogen (secondary N) is 2. The number of nitrogens with zero attached hydrogens (tertiary/aromatic N) is 2. The first-order chi connectivity index (χ1) is 12.8. The highest BCUT2D eigenvalue weighted by atomic mass is 35.5. The number of rotatable bonds is 6. The zero-order chi connectivity index (χ0) is 19.4. The smallest absolute Gasteiger partial charge is 0.324 e. The van der Waals surface area contributed by atoms with Crippen molar-refractivity contribution >= 4 is 35.0 Å². The van der Waals surface area contributed by atoms with Crippen LogP contribution in [0.3, 0.4) is 0 Å². The first-order valence-corrected chi connectivity index (χ1v) is 9.89. The molecular weight excluding hydrogens is 401 g/mol. The molecule has 0 radical (unpaired) electrons. The Morgan fingerprint density at radius 3 is 2.78 bits per heavy atom. The predicted octanol–water partition coefficient (Wildman–Crippen LogP) is 4.94. The van der Waals surface area contributed by atoms with Crippen molar-refractivity contribution in [3.63, 3.8) is 0 Å². The van der Waals surface area contributed by atoms with Crippen molar-refractivity contribution in [2.45, 2.75) is 43.4 Å². The van der Waals surface area contributed by atoms with Gasteiger partial charge in [-0.3, -0.25) is 9.89 Å². The molecule has 1 aromatic carbocycles. The van der Waals surface area contributed by atoms with E-state index in [1.54, 1.807) is 0 Å². The van der Waals surface area contributed by atoms with Crippen molar-refractivity contribution in [3.05, 3.63) is 34.6 Å². The summed E-state index contributed by atoms with van der Waals surface area (Å²) in [5.41, 5.74) is -1.42. The molecule has 27 heavy (non-hydrogen) atoms. The van der Waals surface area contributed by atoms with Crippen molar-refractivity contribution in [2.24, 2.45) is 5.92 Å². The number of alkyl halides is 3. The molecule has 1 heterocycles. The van der Waals surface area contributed by atoms with Crippen molar-refractivity contribution in [1.82, 2.24) is 15.2 Å². The number of amides is 1. The minimum Gasteiger partial charge on any atom is -0.324 e. The van der Waals surface area contributed by atoms with Gasteiger partial charge >= 0.3 is 6.18 Å². The summed E-state index contributed by atoms with van der Waals surface area (Å²) in [6, 6.07) is 3.36. The topological polar surface area (TPSA) is 70.7 Å². The van der Waals surface area contributed by atoms with Gasteiger partial charge < -0.3 is 5.32 Å². The normalized spacial score (nSPS) is 15.3. The minimum absolute atomic E-state index is 0.122. The highest BCUT2D eigenvalue weighted by Crippen LogP contribution is 2.38. The largest absolute Gasteiger partial charge is 0.418 e. The van der Waals surface area contributed by atoms with Gasteiger partial charge in [0.25, 0.3) is 0 Å².